The van der Waals surface area contributed by atoms with E-state index in [2.05, 4.69) is 20.6 Å². The lowest BCUT2D eigenvalue weighted by Gasteiger charge is -2.26. The molecule has 1 aromatic heterocycles. The fraction of sp³-hybridized carbons (Fsp3) is 0.560. The van der Waals surface area contributed by atoms with Crippen molar-refractivity contribution in [2.75, 3.05) is 25.6 Å². The van der Waals surface area contributed by atoms with Crippen molar-refractivity contribution in [3.8, 4) is 0 Å². The van der Waals surface area contributed by atoms with Crippen LogP contribution >= 0.6 is 0 Å². The standard InChI is InChI=1S/C25H31F3N4O4/c1-5-25(9-10-25)32-23(33)20(34-4)19-17(24-35-11-12-36-24)22(31-14(3)30-19)29-13(2)15-7-6-8-16(18(15)26)21(27)28/h6-8,13,20-21,24H,5,9-12H2,1-4H3,(H,32,33)(H,29,30,31)/t13-,20?/m1/s1. The number of rotatable bonds is 10. The summed E-state index contributed by atoms with van der Waals surface area (Å²) in [5.41, 5.74) is -0.260. The Labute approximate surface area is 207 Å². The minimum Gasteiger partial charge on any atom is -0.365 e. The van der Waals surface area contributed by atoms with Crippen molar-refractivity contribution in [3.05, 3.63) is 52.2 Å². The largest absolute Gasteiger partial charge is 0.365 e. The molecule has 2 N–H and O–H groups in total. The first-order valence-corrected chi connectivity index (χ1v) is 12.0. The normalized spacial score (nSPS) is 18.8. The summed E-state index contributed by atoms with van der Waals surface area (Å²) in [6.07, 6.45) is -2.33. The number of aromatic nitrogens is 2. The van der Waals surface area contributed by atoms with Crippen LogP contribution in [-0.2, 0) is 19.0 Å². The molecule has 1 aliphatic carbocycles. The van der Waals surface area contributed by atoms with Gasteiger partial charge in [-0.2, -0.15) is 0 Å². The summed E-state index contributed by atoms with van der Waals surface area (Å²) in [7, 11) is 1.41. The predicted molar refractivity (Wildman–Crippen MR) is 125 cm³/mol. The number of halogens is 3. The number of anilines is 1. The molecule has 1 unspecified atom stereocenters. The van der Waals surface area contributed by atoms with E-state index in [1.165, 1.54) is 19.2 Å². The first-order valence-electron chi connectivity index (χ1n) is 12.0. The second-order valence-corrected chi connectivity index (χ2v) is 9.15. The molecule has 8 nitrogen and oxygen atoms in total. The number of carbonyl (C=O) groups excluding carboxylic acids is 1. The molecule has 196 valence electrons. The van der Waals surface area contributed by atoms with Crippen LogP contribution in [0.4, 0.5) is 19.0 Å². The van der Waals surface area contributed by atoms with Gasteiger partial charge in [0, 0.05) is 18.2 Å². The van der Waals surface area contributed by atoms with Gasteiger partial charge in [-0.1, -0.05) is 25.1 Å². The van der Waals surface area contributed by atoms with Crippen LogP contribution in [0.25, 0.3) is 0 Å². The zero-order valence-corrected chi connectivity index (χ0v) is 20.7. The zero-order valence-electron chi connectivity index (χ0n) is 20.7. The molecule has 2 fully saturated rings. The number of alkyl halides is 2. The average Bonchev–Trinajstić information content (AvgIpc) is 3.39. The Morgan fingerprint density at radius 1 is 1.22 bits per heavy atom. The van der Waals surface area contributed by atoms with Crippen LogP contribution in [0.15, 0.2) is 18.2 Å². The van der Waals surface area contributed by atoms with E-state index in [1.807, 2.05) is 6.92 Å². The molecule has 2 heterocycles. The molecule has 1 aromatic carbocycles. The molecule has 2 atom stereocenters. The van der Waals surface area contributed by atoms with Crippen LogP contribution in [0.5, 0.6) is 0 Å². The third kappa shape index (κ3) is 5.33. The number of benzene rings is 1. The van der Waals surface area contributed by atoms with Crippen molar-refractivity contribution in [3.63, 3.8) is 0 Å². The van der Waals surface area contributed by atoms with Crippen molar-refractivity contribution in [1.82, 2.24) is 15.3 Å². The lowest BCUT2D eigenvalue weighted by atomic mass is 10.0. The number of ether oxygens (including phenoxy) is 3. The van der Waals surface area contributed by atoms with E-state index in [1.54, 1.807) is 13.8 Å². The van der Waals surface area contributed by atoms with Gasteiger partial charge >= 0.3 is 0 Å². The Morgan fingerprint density at radius 3 is 2.47 bits per heavy atom. The van der Waals surface area contributed by atoms with Crippen LogP contribution in [0.1, 0.15) is 86.2 Å². The van der Waals surface area contributed by atoms with Gasteiger partial charge in [-0.05, 0) is 33.1 Å². The lowest BCUT2D eigenvalue weighted by Crippen LogP contribution is -2.40. The summed E-state index contributed by atoms with van der Waals surface area (Å²) >= 11 is 0. The molecule has 2 aliphatic rings. The number of hydrogen-bond donors (Lipinski definition) is 2. The summed E-state index contributed by atoms with van der Waals surface area (Å²) in [6.45, 7) is 5.93. The topological polar surface area (TPSA) is 94.6 Å². The van der Waals surface area contributed by atoms with Gasteiger partial charge in [0.15, 0.2) is 12.4 Å². The molecular formula is C25H31F3N4O4. The number of hydrogen-bond acceptors (Lipinski definition) is 7. The lowest BCUT2D eigenvalue weighted by molar-refractivity contribution is -0.133. The molecule has 11 heteroatoms. The van der Waals surface area contributed by atoms with Crippen molar-refractivity contribution < 1.29 is 32.2 Å². The third-order valence-corrected chi connectivity index (χ3v) is 6.70. The Bertz CT molecular complexity index is 1110. The highest BCUT2D eigenvalue weighted by Crippen LogP contribution is 2.41. The van der Waals surface area contributed by atoms with Gasteiger partial charge in [0.25, 0.3) is 12.3 Å². The van der Waals surface area contributed by atoms with E-state index < -0.39 is 36.2 Å². The first-order chi connectivity index (χ1) is 17.2. The summed E-state index contributed by atoms with van der Waals surface area (Å²) in [5.74, 6) is -0.763. The summed E-state index contributed by atoms with van der Waals surface area (Å²) in [6, 6.07) is 3.11. The maximum Gasteiger partial charge on any atom is 0.266 e. The third-order valence-electron chi connectivity index (χ3n) is 6.70. The van der Waals surface area contributed by atoms with Gasteiger partial charge in [-0.15, -0.1) is 0 Å². The molecule has 1 saturated carbocycles. The Morgan fingerprint density at radius 2 is 1.89 bits per heavy atom. The highest BCUT2D eigenvalue weighted by molar-refractivity contribution is 5.83. The second kappa shape index (κ2) is 10.7. The number of carbonyl (C=O) groups is 1. The SMILES string of the molecule is CCC1(NC(=O)C(OC)c2nc(C)nc(N[C@H](C)c3cccc(C(F)F)c3F)c2C2OCCO2)CC1. The monoisotopic (exact) mass is 508 g/mol. The van der Waals surface area contributed by atoms with Crippen molar-refractivity contribution in [2.24, 2.45) is 0 Å². The number of nitrogens with one attached hydrogen (secondary N) is 2. The molecule has 1 aliphatic heterocycles. The van der Waals surface area contributed by atoms with Crippen LogP contribution in [-0.4, -0.2) is 41.7 Å². The highest BCUT2D eigenvalue weighted by Gasteiger charge is 2.44. The number of aryl methyl sites for hydroxylation is 1. The van der Waals surface area contributed by atoms with E-state index in [0.29, 0.717) is 24.6 Å². The number of methoxy groups -OCH3 is 1. The van der Waals surface area contributed by atoms with Gasteiger partial charge in [-0.3, -0.25) is 4.79 Å². The van der Waals surface area contributed by atoms with E-state index in [4.69, 9.17) is 14.2 Å². The van der Waals surface area contributed by atoms with E-state index in [0.717, 1.165) is 25.3 Å². The van der Waals surface area contributed by atoms with Gasteiger partial charge in [0.2, 0.25) is 0 Å². The fourth-order valence-corrected chi connectivity index (χ4v) is 4.41. The van der Waals surface area contributed by atoms with Crippen LogP contribution < -0.4 is 10.6 Å². The maximum atomic E-state index is 14.8. The molecule has 36 heavy (non-hydrogen) atoms. The predicted octanol–water partition coefficient (Wildman–Crippen LogP) is 4.83. The van der Waals surface area contributed by atoms with Gasteiger partial charge in [0.1, 0.15) is 17.5 Å². The summed E-state index contributed by atoms with van der Waals surface area (Å²) in [4.78, 5) is 22.2. The number of nitrogens with zero attached hydrogens (tertiary/aromatic N) is 2. The van der Waals surface area contributed by atoms with Gasteiger partial charge < -0.3 is 24.8 Å². The van der Waals surface area contributed by atoms with Crippen LogP contribution in [0.3, 0.4) is 0 Å². The van der Waals surface area contributed by atoms with Crippen LogP contribution in [0.2, 0.25) is 0 Å². The minimum atomic E-state index is -2.94. The quantitative estimate of drug-likeness (QED) is 0.475. The molecule has 0 spiro atoms. The molecule has 0 bridgehead atoms. The molecule has 1 saturated heterocycles. The molecule has 0 radical (unpaired) electrons. The Hall–Kier alpha value is -2.76. The highest BCUT2D eigenvalue weighted by atomic mass is 19.3. The van der Waals surface area contributed by atoms with Crippen molar-refractivity contribution >= 4 is 11.7 Å². The van der Waals surface area contributed by atoms with Crippen LogP contribution in [0, 0.1) is 12.7 Å². The zero-order chi connectivity index (χ0) is 26.0. The molecule has 1 amide bonds. The van der Waals surface area contributed by atoms with E-state index in [-0.39, 0.29) is 28.5 Å². The molecular weight excluding hydrogens is 477 g/mol. The molecule has 2 aromatic rings. The van der Waals surface area contributed by atoms with E-state index >= 15 is 0 Å². The smallest absolute Gasteiger partial charge is 0.266 e. The van der Waals surface area contributed by atoms with E-state index in [9.17, 15) is 18.0 Å². The maximum absolute atomic E-state index is 14.8. The fourth-order valence-electron chi connectivity index (χ4n) is 4.41. The van der Waals surface area contributed by atoms with Gasteiger partial charge in [0.05, 0.1) is 36.1 Å². The Balaban J connectivity index is 1.73. The summed E-state index contributed by atoms with van der Waals surface area (Å²) < 4.78 is 58.4. The minimum absolute atomic E-state index is 0.0458. The average molecular weight is 509 g/mol. The number of amides is 1. The van der Waals surface area contributed by atoms with Crippen molar-refractivity contribution in [1.29, 1.82) is 0 Å². The van der Waals surface area contributed by atoms with Crippen molar-refractivity contribution in [2.45, 2.75) is 70.4 Å². The second-order valence-electron chi connectivity index (χ2n) is 9.15. The first kappa shape index (κ1) is 26.3. The molecule has 4 rings (SSSR count). The summed E-state index contributed by atoms with van der Waals surface area (Å²) in [5, 5.41) is 6.17. The van der Waals surface area contributed by atoms with Gasteiger partial charge in [-0.25, -0.2) is 23.1 Å². The Kier molecular flexibility index (Phi) is 7.82.